The van der Waals surface area contributed by atoms with Crippen LogP contribution < -0.4 is 15.7 Å². The van der Waals surface area contributed by atoms with E-state index in [1.54, 1.807) is 42.5 Å². The van der Waals surface area contributed by atoms with Crippen molar-refractivity contribution in [2.75, 3.05) is 36.3 Å². The Morgan fingerprint density at radius 1 is 0.975 bits per heavy atom. The number of amides is 2. The molecule has 2 N–H and O–H groups in total. The molecule has 4 aromatic rings. The molecule has 0 aliphatic carbocycles. The summed E-state index contributed by atoms with van der Waals surface area (Å²) in [5.41, 5.74) is 3.24. The van der Waals surface area contributed by atoms with Crippen molar-refractivity contribution >= 4 is 40.7 Å². The summed E-state index contributed by atoms with van der Waals surface area (Å²) in [6.45, 7) is -0.0730. The van der Waals surface area contributed by atoms with E-state index >= 15 is 0 Å². The van der Waals surface area contributed by atoms with Gasteiger partial charge in [-0.1, -0.05) is 41.9 Å². The zero-order valence-corrected chi connectivity index (χ0v) is 22.1. The minimum atomic E-state index is -0.726. The Labute approximate surface area is 234 Å². The fraction of sp³-hybridized carbons (Fsp3) is 0.192. The Bertz CT molecular complexity index is 1430. The summed E-state index contributed by atoms with van der Waals surface area (Å²) in [6.07, 6.45) is 1.24. The van der Waals surface area contributed by atoms with Crippen LogP contribution in [0.25, 0.3) is 5.69 Å². The lowest BCUT2D eigenvalue weighted by Gasteiger charge is -2.38. The molecule has 1 atom stereocenters. The van der Waals surface area contributed by atoms with Crippen LogP contribution in [-0.2, 0) is 25.6 Å². The minimum absolute atomic E-state index is 0.0259. The Balaban J connectivity index is 1.30. The number of rotatable bonds is 8. The number of nitrogens with one attached hydrogen (secondary N) is 2. The third kappa shape index (κ3) is 6.52. The molecule has 1 unspecified atom stereocenters. The molecule has 3 aromatic carbocycles. The van der Waals surface area contributed by atoms with Crippen LogP contribution in [0.15, 0.2) is 79.1 Å². The van der Waals surface area contributed by atoms with Crippen molar-refractivity contribution in [1.29, 1.82) is 0 Å². The van der Waals surface area contributed by atoms with Gasteiger partial charge in [-0.3, -0.25) is 19.8 Å². The number of benzene rings is 3. The number of hydrogen-bond acceptors (Lipinski definition) is 10. The number of methoxy groups -OCH3 is 1. The molecule has 5 rings (SSSR count). The summed E-state index contributed by atoms with van der Waals surface area (Å²) >= 11 is 6.25. The van der Waals surface area contributed by atoms with Crippen LogP contribution in [0.3, 0.4) is 0 Å². The quantitative estimate of drug-likeness (QED) is 0.326. The van der Waals surface area contributed by atoms with Gasteiger partial charge in [0.05, 0.1) is 18.5 Å². The number of tetrazole rings is 1. The molecule has 1 aliphatic heterocycles. The standard InChI is InChI=1S/C26H25ClN8O5/c1-38-26(37)30-21-10-8-20(9-11-21)29-25(36)24(13-18-5-3-2-4-6-18)35-17-39-34(16-40-35)23-14-19(27)7-12-22(23)33-15-28-31-32-33/h2-12,14-15,24H,13,16-17H2,1H3,(H,29,36)(H,30,37). The van der Waals surface area contributed by atoms with E-state index in [9.17, 15) is 9.59 Å². The summed E-state index contributed by atoms with van der Waals surface area (Å²) < 4.78 is 6.09. The van der Waals surface area contributed by atoms with Crippen LogP contribution in [0.4, 0.5) is 21.9 Å². The van der Waals surface area contributed by atoms with Crippen molar-refractivity contribution in [1.82, 2.24) is 25.3 Å². The molecule has 0 spiro atoms. The number of ether oxygens (including phenoxy) is 1. The zero-order valence-electron chi connectivity index (χ0n) is 21.3. The summed E-state index contributed by atoms with van der Waals surface area (Å²) in [5.74, 6) is -0.299. The highest BCUT2D eigenvalue weighted by molar-refractivity contribution is 6.31. The van der Waals surface area contributed by atoms with Crippen molar-refractivity contribution in [3.8, 4) is 5.69 Å². The first-order chi connectivity index (χ1) is 19.5. The van der Waals surface area contributed by atoms with Crippen molar-refractivity contribution in [3.05, 3.63) is 89.7 Å². The van der Waals surface area contributed by atoms with Crippen LogP contribution in [0, 0.1) is 0 Å². The Morgan fingerprint density at radius 3 is 2.38 bits per heavy atom. The van der Waals surface area contributed by atoms with Gasteiger partial charge in [-0.05, 0) is 64.9 Å². The van der Waals surface area contributed by atoms with Crippen LogP contribution in [0.1, 0.15) is 5.56 Å². The van der Waals surface area contributed by atoms with Crippen molar-refractivity contribution in [2.24, 2.45) is 0 Å². The summed E-state index contributed by atoms with van der Waals surface area (Å²) in [7, 11) is 1.28. The fourth-order valence-corrected chi connectivity index (χ4v) is 4.17. The van der Waals surface area contributed by atoms with Gasteiger partial charge < -0.3 is 10.1 Å². The van der Waals surface area contributed by atoms with Gasteiger partial charge in [-0.15, -0.1) is 10.2 Å². The SMILES string of the molecule is COC(=O)Nc1ccc(NC(=O)C(Cc2ccccc2)N2CON(c3cc(Cl)ccc3-n3cnnn3)CO2)cc1. The second-order valence-corrected chi connectivity index (χ2v) is 9.02. The first kappa shape index (κ1) is 27.0. The number of anilines is 3. The Kier molecular flexibility index (Phi) is 8.47. The van der Waals surface area contributed by atoms with E-state index in [-0.39, 0.29) is 19.4 Å². The molecule has 1 aliphatic rings. The van der Waals surface area contributed by atoms with Gasteiger partial charge in [0.2, 0.25) is 5.91 Å². The van der Waals surface area contributed by atoms with Crippen LogP contribution in [0.2, 0.25) is 5.02 Å². The summed E-state index contributed by atoms with van der Waals surface area (Å²) in [5, 5.41) is 20.3. The van der Waals surface area contributed by atoms with Gasteiger partial charge in [0.1, 0.15) is 12.4 Å². The largest absolute Gasteiger partial charge is 0.453 e. The summed E-state index contributed by atoms with van der Waals surface area (Å²) in [4.78, 5) is 37.0. The molecule has 13 nitrogen and oxygen atoms in total. The summed E-state index contributed by atoms with van der Waals surface area (Å²) in [6, 6.07) is 20.8. The maximum atomic E-state index is 13.5. The Morgan fingerprint density at radius 2 is 1.73 bits per heavy atom. The number of carbonyl (C=O) groups excluding carboxylic acids is 2. The number of nitrogens with zero attached hydrogens (tertiary/aromatic N) is 6. The lowest BCUT2D eigenvalue weighted by molar-refractivity contribution is -0.279. The average molecular weight is 565 g/mol. The molecule has 2 heterocycles. The van der Waals surface area contributed by atoms with Gasteiger partial charge in [0.25, 0.3) is 0 Å². The molecule has 2 amide bonds. The normalized spacial score (nSPS) is 14.4. The highest BCUT2D eigenvalue weighted by Crippen LogP contribution is 2.30. The first-order valence-electron chi connectivity index (χ1n) is 12.1. The lowest BCUT2D eigenvalue weighted by Crippen LogP contribution is -2.52. The van der Waals surface area contributed by atoms with E-state index in [0.717, 1.165) is 5.56 Å². The van der Waals surface area contributed by atoms with E-state index in [4.69, 9.17) is 21.3 Å². The van der Waals surface area contributed by atoms with E-state index in [0.29, 0.717) is 34.2 Å². The van der Waals surface area contributed by atoms with E-state index in [2.05, 4.69) is 30.9 Å². The first-order valence-corrected chi connectivity index (χ1v) is 12.5. The number of halogens is 1. The van der Waals surface area contributed by atoms with Crippen molar-refractivity contribution < 1.29 is 24.0 Å². The third-order valence-corrected chi connectivity index (χ3v) is 6.23. The number of hydroxylamine groups is 3. The third-order valence-electron chi connectivity index (χ3n) is 5.99. The second-order valence-electron chi connectivity index (χ2n) is 8.59. The topological polar surface area (TPSA) is 136 Å². The molecule has 0 radical (unpaired) electrons. The van der Waals surface area contributed by atoms with Gasteiger partial charge in [0.15, 0.2) is 13.5 Å². The van der Waals surface area contributed by atoms with Gasteiger partial charge in [-0.25, -0.2) is 9.86 Å². The maximum Gasteiger partial charge on any atom is 0.411 e. The Hall–Kier alpha value is -4.56. The van der Waals surface area contributed by atoms with Crippen LogP contribution in [-0.4, -0.2) is 63.9 Å². The zero-order chi connectivity index (χ0) is 27.9. The van der Waals surface area contributed by atoms with E-state index < -0.39 is 12.1 Å². The van der Waals surface area contributed by atoms with Crippen molar-refractivity contribution in [3.63, 3.8) is 0 Å². The average Bonchev–Trinajstić information content (AvgIpc) is 3.52. The maximum absolute atomic E-state index is 13.5. The molecule has 1 saturated heterocycles. The molecular weight excluding hydrogens is 540 g/mol. The van der Waals surface area contributed by atoms with Crippen LogP contribution >= 0.6 is 11.6 Å². The number of hydrogen-bond donors (Lipinski definition) is 2. The highest BCUT2D eigenvalue weighted by atomic mass is 35.5. The van der Waals surface area contributed by atoms with Crippen LogP contribution in [0.5, 0.6) is 0 Å². The number of carbonyl (C=O) groups is 2. The second kappa shape index (κ2) is 12.5. The smallest absolute Gasteiger partial charge is 0.411 e. The lowest BCUT2D eigenvalue weighted by atomic mass is 10.0. The molecule has 1 aromatic heterocycles. The predicted molar refractivity (Wildman–Crippen MR) is 145 cm³/mol. The molecule has 206 valence electrons. The molecule has 1 fully saturated rings. The fourth-order valence-electron chi connectivity index (χ4n) is 4.00. The van der Waals surface area contributed by atoms with Crippen molar-refractivity contribution in [2.45, 2.75) is 12.5 Å². The molecule has 0 bridgehead atoms. The minimum Gasteiger partial charge on any atom is -0.453 e. The number of aromatic nitrogens is 4. The van der Waals surface area contributed by atoms with Gasteiger partial charge >= 0.3 is 6.09 Å². The molecular formula is C26H25ClN8O5. The van der Waals surface area contributed by atoms with E-state index in [1.807, 2.05) is 30.3 Å². The molecule has 14 heteroatoms. The monoisotopic (exact) mass is 564 g/mol. The predicted octanol–water partition coefficient (Wildman–Crippen LogP) is 3.64. The molecule has 0 saturated carbocycles. The van der Waals surface area contributed by atoms with Gasteiger partial charge in [-0.2, -0.15) is 4.68 Å². The molecule has 40 heavy (non-hydrogen) atoms. The van der Waals surface area contributed by atoms with Gasteiger partial charge in [0, 0.05) is 16.4 Å². The highest BCUT2D eigenvalue weighted by Gasteiger charge is 2.32. The van der Waals surface area contributed by atoms with E-state index in [1.165, 1.54) is 28.2 Å².